The van der Waals surface area contributed by atoms with Crippen LogP contribution in [0, 0.1) is 0 Å². The van der Waals surface area contributed by atoms with Crippen molar-refractivity contribution in [3.63, 3.8) is 0 Å². The van der Waals surface area contributed by atoms with Crippen molar-refractivity contribution in [1.82, 2.24) is 0 Å². The second-order valence-corrected chi connectivity index (χ2v) is 16.2. The molecule has 0 aliphatic carbocycles. The van der Waals surface area contributed by atoms with Crippen LogP contribution in [0.3, 0.4) is 0 Å². The first kappa shape index (κ1) is 47.6. The maximum absolute atomic E-state index is 12.3. The van der Waals surface area contributed by atoms with Gasteiger partial charge in [0.15, 0.2) is 12.6 Å². The van der Waals surface area contributed by atoms with Crippen LogP contribution < -0.4 is 18.9 Å². The molecule has 6 aromatic carbocycles. The van der Waals surface area contributed by atoms with E-state index in [-0.39, 0.29) is 39.6 Å². The molecule has 0 radical (unpaired) electrons. The molecule has 0 unspecified atom stereocenters. The lowest BCUT2D eigenvalue weighted by atomic mass is 9.96. The molecule has 352 valence electrons. The maximum atomic E-state index is 12.3. The Morgan fingerprint density at radius 3 is 1.19 bits per heavy atom. The van der Waals surface area contributed by atoms with Gasteiger partial charge in [-0.25, -0.2) is 0 Å². The van der Waals surface area contributed by atoms with E-state index >= 15 is 0 Å². The minimum absolute atomic E-state index is 0.0759. The van der Waals surface area contributed by atoms with E-state index in [2.05, 4.69) is 0 Å². The van der Waals surface area contributed by atoms with Gasteiger partial charge in [0.05, 0.1) is 40.6 Å². The molecule has 2 fully saturated rings. The lowest BCUT2D eigenvalue weighted by Crippen LogP contribution is -2.66. The second-order valence-electron chi connectivity index (χ2n) is 16.2. The number of benzene rings is 6. The van der Waals surface area contributed by atoms with Gasteiger partial charge in [0.2, 0.25) is 0 Å². The molecule has 0 spiro atoms. The molecular weight excluding hydrogens is 857 g/mol. The van der Waals surface area contributed by atoms with Gasteiger partial charge in [0.1, 0.15) is 85.0 Å². The molecular formula is C54H58O13. The van der Waals surface area contributed by atoms with Gasteiger partial charge in [-0.1, -0.05) is 121 Å². The fourth-order valence-electron chi connectivity index (χ4n) is 7.99. The Bertz CT molecular complexity index is 2310. The van der Waals surface area contributed by atoms with Crippen LogP contribution in [0.25, 0.3) is 0 Å². The monoisotopic (exact) mass is 914 g/mol. The van der Waals surface area contributed by atoms with Gasteiger partial charge in [0, 0.05) is 0 Å². The maximum Gasteiger partial charge on any atom is 0.187 e. The van der Waals surface area contributed by atoms with Crippen molar-refractivity contribution < 1.29 is 62.3 Å². The highest BCUT2D eigenvalue weighted by Crippen LogP contribution is 2.36. The van der Waals surface area contributed by atoms with Gasteiger partial charge in [-0.15, -0.1) is 0 Å². The van der Waals surface area contributed by atoms with Crippen LogP contribution in [-0.2, 0) is 59.6 Å². The largest absolute Gasteiger partial charge is 0.497 e. The first-order chi connectivity index (χ1) is 32.9. The SMILES string of the molecule is COc1ccc(OC[C@H]2O[C@H](O[C@@H]3[C@H](OCc4ccccc4)[C@@H](OCc4ccccc4)[C@H](O)O[C@@H]3COc3ccc(OC)cc3)[C@H](OCc3ccccc3)[C@@H](OCc3ccccc3)[C@H]2O)cc1. The Labute approximate surface area is 391 Å². The van der Waals surface area contributed by atoms with E-state index in [1.165, 1.54) is 0 Å². The Balaban J connectivity index is 1.16. The molecule has 67 heavy (non-hydrogen) atoms. The molecule has 2 aliphatic rings. The summed E-state index contributed by atoms with van der Waals surface area (Å²) < 4.78 is 70.4. The minimum atomic E-state index is -1.46. The molecule has 0 saturated carbocycles. The topological polar surface area (TPSA) is 142 Å². The average molecular weight is 915 g/mol. The van der Waals surface area contributed by atoms with E-state index in [0.29, 0.717) is 23.0 Å². The fraction of sp³-hybridized carbons (Fsp3) is 0.333. The molecule has 0 bridgehead atoms. The van der Waals surface area contributed by atoms with Crippen molar-refractivity contribution in [2.24, 2.45) is 0 Å². The van der Waals surface area contributed by atoms with Crippen LogP contribution in [0.2, 0.25) is 0 Å². The lowest BCUT2D eigenvalue weighted by Gasteiger charge is -2.49. The number of hydrogen-bond donors (Lipinski definition) is 2. The Morgan fingerprint density at radius 1 is 0.388 bits per heavy atom. The number of hydrogen-bond acceptors (Lipinski definition) is 13. The van der Waals surface area contributed by atoms with Gasteiger partial charge in [-0.05, 0) is 70.8 Å². The molecule has 6 aromatic rings. The van der Waals surface area contributed by atoms with E-state index in [9.17, 15) is 10.2 Å². The summed E-state index contributed by atoms with van der Waals surface area (Å²) in [6.07, 6.45) is -11.0. The minimum Gasteiger partial charge on any atom is -0.497 e. The van der Waals surface area contributed by atoms with E-state index in [0.717, 1.165) is 22.3 Å². The van der Waals surface area contributed by atoms with Crippen molar-refractivity contribution in [1.29, 1.82) is 0 Å². The quantitative estimate of drug-likeness (QED) is 0.0688. The summed E-state index contributed by atoms with van der Waals surface area (Å²) in [7, 11) is 3.19. The molecule has 8 rings (SSSR count). The summed E-state index contributed by atoms with van der Waals surface area (Å²) in [6.45, 7) is 0.431. The van der Waals surface area contributed by atoms with E-state index in [1.807, 2.05) is 121 Å². The Kier molecular flexibility index (Phi) is 17.3. The zero-order chi connectivity index (χ0) is 46.2. The van der Waals surface area contributed by atoms with Crippen LogP contribution in [0.5, 0.6) is 23.0 Å². The number of ether oxygens (including phenoxy) is 11. The predicted molar refractivity (Wildman–Crippen MR) is 247 cm³/mol. The van der Waals surface area contributed by atoms with Crippen LogP contribution in [0.15, 0.2) is 170 Å². The summed E-state index contributed by atoms with van der Waals surface area (Å²) >= 11 is 0. The van der Waals surface area contributed by atoms with E-state index in [4.69, 9.17) is 52.1 Å². The van der Waals surface area contributed by atoms with Crippen molar-refractivity contribution in [2.45, 2.75) is 87.8 Å². The number of aliphatic hydroxyl groups excluding tert-OH is 2. The van der Waals surface area contributed by atoms with Gasteiger partial charge in [-0.2, -0.15) is 0 Å². The van der Waals surface area contributed by atoms with Crippen molar-refractivity contribution in [2.75, 3.05) is 27.4 Å². The summed E-state index contributed by atoms with van der Waals surface area (Å²) in [6, 6.07) is 53.0. The Morgan fingerprint density at radius 2 is 0.761 bits per heavy atom. The first-order valence-corrected chi connectivity index (χ1v) is 22.4. The van der Waals surface area contributed by atoms with Crippen molar-refractivity contribution >= 4 is 0 Å². The predicted octanol–water partition coefficient (Wildman–Crippen LogP) is 7.69. The molecule has 2 heterocycles. The van der Waals surface area contributed by atoms with Gasteiger partial charge in [-0.3, -0.25) is 0 Å². The van der Waals surface area contributed by atoms with Crippen LogP contribution in [0.1, 0.15) is 22.3 Å². The van der Waals surface area contributed by atoms with E-state index < -0.39 is 61.4 Å². The molecule has 13 heteroatoms. The third kappa shape index (κ3) is 13.2. The molecule has 2 saturated heterocycles. The molecule has 10 atom stereocenters. The van der Waals surface area contributed by atoms with Crippen molar-refractivity contribution in [3.05, 3.63) is 192 Å². The standard InChI is InChI=1S/C54H58O13/c1-57-41-23-27-43(28-24-41)59-35-45-47(55)49(61-31-37-15-7-3-8-16-37)52(64-34-40-21-13-6-14-22-40)54(66-45)67-48-46(36-60-44-29-25-42(58-2)26-30-44)65-53(56)51(63-33-39-19-11-5-12-20-39)50(48)62-32-38-17-9-4-10-18-38/h3-30,45-56H,31-36H2,1-2H3/t45-,46-,47+,48+,49+,50+,51-,52-,53-,54-/m1/s1. The van der Waals surface area contributed by atoms with Crippen LogP contribution in [0.4, 0.5) is 0 Å². The van der Waals surface area contributed by atoms with Gasteiger partial charge in [0.25, 0.3) is 0 Å². The smallest absolute Gasteiger partial charge is 0.187 e. The van der Waals surface area contributed by atoms with Gasteiger partial charge >= 0.3 is 0 Å². The Hall–Kier alpha value is -5.84. The van der Waals surface area contributed by atoms with E-state index in [1.54, 1.807) is 62.8 Å². The highest BCUT2D eigenvalue weighted by atomic mass is 16.7. The number of methoxy groups -OCH3 is 2. The number of rotatable bonds is 22. The molecule has 0 amide bonds. The molecule has 0 aromatic heterocycles. The molecule has 2 aliphatic heterocycles. The summed E-state index contributed by atoms with van der Waals surface area (Å²) in [5.74, 6) is 2.41. The zero-order valence-electron chi connectivity index (χ0n) is 37.6. The molecule has 2 N–H and O–H groups in total. The molecule has 13 nitrogen and oxygen atoms in total. The number of aliphatic hydroxyl groups is 2. The summed E-state index contributed by atoms with van der Waals surface area (Å²) in [5.41, 5.74) is 3.55. The average Bonchev–Trinajstić information content (AvgIpc) is 3.38. The second kappa shape index (κ2) is 24.3. The summed E-state index contributed by atoms with van der Waals surface area (Å²) in [4.78, 5) is 0. The lowest BCUT2D eigenvalue weighted by molar-refractivity contribution is -0.369. The van der Waals surface area contributed by atoms with Crippen LogP contribution in [-0.4, -0.2) is 99.1 Å². The van der Waals surface area contributed by atoms with Gasteiger partial charge < -0.3 is 62.3 Å². The first-order valence-electron chi connectivity index (χ1n) is 22.4. The fourth-order valence-corrected chi connectivity index (χ4v) is 7.99. The highest BCUT2D eigenvalue weighted by Gasteiger charge is 2.54. The highest BCUT2D eigenvalue weighted by molar-refractivity contribution is 5.32. The van der Waals surface area contributed by atoms with Crippen molar-refractivity contribution in [3.8, 4) is 23.0 Å². The van der Waals surface area contributed by atoms with Crippen LogP contribution >= 0.6 is 0 Å². The summed E-state index contributed by atoms with van der Waals surface area (Å²) in [5, 5.41) is 24.1. The normalized spacial score (nSPS) is 25.0. The third-order valence-corrected chi connectivity index (χ3v) is 11.6. The third-order valence-electron chi connectivity index (χ3n) is 11.6. The zero-order valence-corrected chi connectivity index (χ0v) is 37.6.